The number of nitrogens with one attached hydrogen (secondary N) is 1. The van der Waals surface area contributed by atoms with Gasteiger partial charge in [-0.05, 0) is 43.4 Å². The second-order valence-electron chi connectivity index (χ2n) is 6.96. The summed E-state index contributed by atoms with van der Waals surface area (Å²) in [4.78, 5) is 0. The van der Waals surface area contributed by atoms with Crippen LogP contribution in [-0.4, -0.2) is 12.6 Å². The van der Waals surface area contributed by atoms with E-state index in [1.54, 1.807) is 0 Å². The van der Waals surface area contributed by atoms with Gasteiger partial charge in [-0.1, -0.05) is 53.4 Å². The van der Waals surface area contributed by atoms with Crippen molar-refractivity contribution in [3.8, 4) is 0 Å². The highest BCUT2D eigenvalue weighted by Gasteiger charge is 2.34. The van der Waals surface area contributed by atoms with Crippen LogP contribution in [0.15, 0.2) is 0 Å². The van der Waals surface area contributed by atoms with Gasteiger partial charge in [0.1, 0.15) is 0 Å². The van der Waals surface area contributed by atoms with Crippen molar-refractivity contribution in [2.24, 2.45) is 11.3 Å². The van der Waals surface area contributed by atoms with Crippen LogP contribution in [0.2, 0.25) is 0 Å². The van der Waals surface area contributed by atoms with Crippen LogP contribution in [0.1, 0.15) is 85.5 Å². The van der Waals surface area contributed by atoms with Crippen LogP contribution in [0, 0.1) is 11.3 Å². The summed E-state index contributed by atoms with van der Waals surface area (Å²) in [6, 6.07) is 0.768. The minimum Gasteiger partial charge on any atom is -0.313 e. The Kier molecular flexibility index (Phi) is 7.29. The molecule has 0 bridgehead atoms. The molecule has 1 rings (SSSR count). The number of hydrogen-bond acceptors (Lipinski definition) is 1. The van der Waals surface area contributed by atoms with E-state index >= 15 is 0 Å². The molecule has 0 aliphatic heterocycles. The molecule has 0 aromatic rings. The molecule has 0 spiro atoms. The third-order valence-corrected chi connectivity index (χ3v) is 4.55. The predicted octanol–water partition coefficient (Wildman–Crippen LogP) is 5.15. The minimum absolute atomic E-state index is 0.633. The molecule has 1 nitrogen and oxygen atoms in total. The lowest BCUT2D eigenvalue weighted by Crippen LogP contribution is -2.39. The summed E-state index contributed by atoms with van der Waals surface area (Å²) in [5.41, 5.74) is 0.633. The van der Waals surface area contributed by atoms with Gasteiger partial charge in [0.2, 0.25) is 0 Å². The van der Waals surface area contributed by atoms with E-state index in [4.69, 9.17) is 0 Å². The van der Waals surface area contributed by atoms with E-state index in [0.717, 1.165) is 12.0 Å². The highest BCUT2D eigenvalue weighted by molar-refractivity contribution is 4.88. The lowest BCUT2D eigenvalue weighted by atomic mass is 9.78. The molecule has 18 heavy (non-hydrogen) atoms. The Bertz CT molecular complexity index is 198. The Morgan fingerprint density at radius 3 is 2.00 bits per heavy atom. The molecule has 0 radical (unpaired) electrons. The van der Waals surface area contributed by atoms with Crippen molar-refractivity contribution in [1.82, 2.24) is 5.32 Å². The zero-order valence-electron chi connectivity index (χ0n) is 13.2. The molecule has 1 aliphatic carbocycles. The highest BCUT2D eigenvalue weighted by Crippen LogP contribution is 2.42. The van der Waals surface area contributed by atoms with Gasteiger partial charge < -0.3 is 5.32 Å². The monoisotopic (exact) mass is 253 g/mol. The van der Waals surface area contributed by atoms with Crippen LogP contribution in [-0.2, 0) is 0 Å². The topological polar surface area (TPSA) is 12.0 Å². The van der Waals surface area contributed by atoms with Crippen molar-refractivity contribution in [3.63, 3.8) is 0 Å². The number of hydrogen-bond donors (Lipinski definition) is 1. The zero-order valence-corrected chi connectivity index (χ0v) is 13.2. The molecule has 0 amide bonds. The molecular formula is C17H35N. The molecule has 108 valence electrons. The highest BCUT2D eigenvalue weighted by atomic mass is 14.9. The smallest absolute Gasteiger partial charge is 0.00670 e. The average molecular weight is 253 g/mol. The third kappa shape index (κ3) is 5.30. The van der Waals surface area contributed by atoms with Crippen molar-refractivity contribution in [2.75, 3.05) is 6.54 Å². The Balaban J connectivity index is 2.44. The fraction of sp³-hybridized carbons (Fsp3) is 1.00. The Hall–Kier alpha value is -0.0400. The van der Waals surface area contributed by atoms with Crippen LogP contribution < -0.4 is 5.32 Å². The maximum Gasteiger partial charge on any atom is 0.00670 e. The van der Waals surface area contributed by atoms with Crippen LogP contribution in [0.3, 0.4) is 0 Å². The SMILES string of the molecule is CCCC(CCC)NCC1(CC(C)C)CCCC1. The first-order valence-corrected chi connectivity index (χ1v) is 8.35. The van der Waals surface area contributed by atoms with Gasteiger partial charge in [-0.25, -0.2) is 0 Å². The molecule has 0 aromatic heterocycles. The van der Waals surface area contributed by atoms with Gasteiger partial charge in [0, 0.05) is 12.6 Å². The summed E-state index contributed by atoms with van der Waals surface area (Å²) >= 11 is 0. The van der Waals surface area contributed by atoms with Crippen LogP contribution in [0.5, 0.6) is 0 Å². The van der Waals surface area contributed by atoms with Gasteiger partial charge in [0.25, 0.3) is 0 Å². The fourth-order valence-corrected chi connectivity index (χ4v) is 3.85. The summed E-state index contributed by atoms with van der Waals surface area (Å²) in [7, 11) is 0. The molecule has 0 heterocycles. The molecule has 0 aromatic carbocycles. The molecule has 1 fully saturated rings. The van der Waals surface area contributed by atoms with E-state index in [9.17, 15) is 0 Å². The Morgan fingerprint density at radius 2 is 1.56 bits per heavy atom. The van der Waals surface area contributed by atoms with Crippen molar-refractivity contribution in [1.29, 1.82) is 0 Å². The molecule has 1 aliphatic rings. The lowest BCUT2D eigenvalue weighted by molar-refractivity contribution is 0.211. The van der Waals surface area contributed by atoms with Gasteiger partial charge >= 0.3 is 0 Å². The standard InChI is InChI=1S/C17H35N/c1-5-9-16(10-6-2)18-14-17(13-15(3)4)11-7-8-12-17/h15-16,18H,5-14H2,1-4H3. The second-order valence-corrected chi connectivity index (χ2v) is 6.96. The van der Waals surface area contributed by atoms with Crippen molar-refractivity contribution < 1.29 is 0 Å². The van der Waals surface area contributed by atoms with Crippen LogP contribution in [0.4, 0.5) is 0 Å². The largest absolute Gasteiger partial charge is 0.313 e. The third-order valence-electron chi connectivity index (χ3n) is 4.55. The van der Waals surface area contributed by atoms with E-state index in [0.29, 0.717) is 5.41 Å². The van der Waals surface area contributed by atoms with E-state index in [2.05, 4.69) is 33.0 Å². The van der Waals surface area contributed by atoms with Gasteiger partial charge in [0.05, 0.1) is 0 Å². The van der Waals surface area contributed by atoms with Gasteiger partial charge in [-0.15, -0.1) is 0 Å². The zero-order chi connectivity index (χ0) is 13.4. The van der Waals surface area contributed by atoms with E-state index in [1.807, 2.05) is 0 Å². The van der Waals surface area contributed by atoms with E-state index < -0.39 is 0 Å². The van der Waals surface area contributed by atoms with Gasteiger partial charge in [-0.3, -0.25) is 0 Å². The molecule has 0 saturated heterocycles. The molecule has 1 saturated carbocycles. The average Bonchev–Trinajstić information content (AvgIpc) is 2.75. The Labute approximate surface area is 115 Å². The summed E-state index contributed by atoms with van der Waals surface area (Å²) in [5, 5.41) is 3.91. The quantitative estimate of drug-likeness (QED) is 0.599. The first kappa shape index (κ1) is 16.0. The molecule has 1 heteroatoms. The normalized spacial score (nSPS) is 19.0. The lowest BCUT2D eigenvalue weighted by Gasteiger charge is -2.33. The first-order chi connectivity index (χ1) is 8.62. The van der Waals surface area contributed by atoms with Crippen molar-refractivity contribution >= 4 is 0 Å². The fourth-order valence-electron chi connectivity index (χ4n) is 3.85. The molecule has 1 N–H and O–H groups in total. The van der Waals surface area contributed by atoms with Gasteiger partial charge in [0.15, 0.2) is 0 Å². The molecule has 0 unspecified atom stereocenters. The maximum atomic E-state index is 3.91. The summed E-state index contributed by atoms with van der Waals surface area (Å²) in [6.07, 6.45) is 12.6. The van der Waals surface area contributed by atoms with Crippen molar-refractivity contribution in [3.05, 3.63) is 0 Å². The van der Waals surface area contributed by atoms with E-state index in [1.165, 1.54) is 64.3 Å². The summed E-state index contributed by atoms with van der Waals surface area (Å²) in [6.45, 7) is 10.7. The first-order valence-electron chi connectivity index (χ1n) is 8.35. The summed E-state index contributed by atoms with van der Waals surface area (Å²) in [5.74, 6) is 0.848. The summed E-state index contributed by atoms with van der Waals surface area (Å²) < 4.78 is 0. The van der Waals surface area contributed by atoms with Crippen LogP contribution in [0.25, 0.3) is 0 Å². The second kappa shape index (κ2) is 8.19. The predicted molar refractivity (Wildman–Crippen MR) is 82.0 cm³/mol. The van der Waals surface area contributed by atoms with E-state index in [-0.39, 0.29) is 0 Å². The molecule has 0 atom stereocenters. The maximum absolute atomic E-state index is 3.91. The minimum atomic E-state index is 0.633. The van der Waals surface area contributed by atoms with Gasteiger partial charge in [-0.2, -0.15) is 0 Å². The number of rotatable bonds is 9. The van der Waals surface area contributed by atoms with Crippen molar-refractivity contribution in [2.45, 2.75) is 91.5 Å². The Morgan fingerprint density at radius 1 is 1.00 bits per heavy atom. The van der Waals surface area contributed by atoms with Crippen LogP contribution >= 0.6 is 0 Å². The molecular weight excluding hydrogens is 218 g/mol.